The number of hydrogen-bond acceptors (Lipinski definition) is 8. The van der Waals surface area contributed by atoms with E-state index in [1.165, 1.54) is 60.2 Å². The number of amides is 2. The number of likely N-dealkylation sites (tertiary alicyclic amines) is 1. The molecule has 10 nitrogen and oxygen atoms in total. The zero-order valence-electron chi connectivity index (χ0n) is 53.4. The summed E-state index contributed by atoms with van der Waals surface area (Å²) in [7, 11) is 1.85. The predicted molar refractivity (Wildman–Crippen MR) is 342 cm³/mol. The van der Waals surface area contributed by atoms with Gasteiger partial charge in [0.05, 0.1) is 6.10 Å². The van der Waals surface area contributed by atoms with Gasteiger partial charge < -0.3 is 24.8 Å². The van der Waals surface area contributed by atoms with Gasteiger partial charge >= 0.3 is 0 Å². The third kappa shape index (κ3) is 24.6. The van der Waals surface area contributed by atoms with Gasteiger partial charge in [-0.15, -0.1) is 0 Å². The van der Waals surface area contributed by atoms with Crippen LogP contribution in [0.5, 0.6) is 0 Å². The van der Waals surface area contributed by atoms with Crippen molar-refractivity contribution in [3.8, 4) is 0 Å². The summed E-state index contributed by atoms with van der Waals surface area (Å²) in [5, 5.41) is 2.98. The van der Waals surface area contributed by atoms with Crippen LogP contribution in [0.3, 0.4) is 0 Å². The Morgan fingerprint density at radius 1 is 0.561 bits per heavy atom. The van der Waals surface area contributed by atoms with Gasteiger partial charge in [0.2, 0.25) is 0 Å². The second kappa shape index (κ2) is 33.5. The zero-order valence-corrected chi connectivity index (χ0v) is 53.4. The van der Waals surface area contributed by atoms with E-state index in [9.17, 15) is 19.2 Å². The minimum absolute atomic E-state index is 0.0117. The summed E-state index contributed by atoms with van der Waals surface area (Å²) < 4.78 is 5.55. The topological polar surface area (TPSA) is 112 Å². The highest BCUT2D eigenvalue weighted by atomic mass is 16.5. The number of hydrogen-bond donors (Lipinski definition) is 1. The number of carbonyl (C=O) groups excluding carboxylic acids is 4. The molecular formula is C72H105N5O5. The van der Waals surface area contributed by atoms with E-state index in [1.54, 1.807) is 17.3 Å². The van der Waals surface area contributed by atoms with Crippen molar-refractivity contribution in [1.82, 2.24) is 25.0 Å². The van der Waals surface area contributed by atoms with Gasteiger partial charge in [0.15, 0.2) is 11.6 Å². The van der Waals surface area contributed by atoms with E-state index in [2.05, 4.69) is 141 Å². The fourth-order valence-electron chi connectivity index (χ4n) is 9.78. The van der Waals surface area contributed by atoms with Crippen LogP contribution >= 0.6 is 0 Å². The van der Waals surface area contributed by atoms with E-state index < -0.39 is 0 Å². The van der Waals surface area contributed by atoms with Gasteiger partial charge in [-0.1, -0.05) is 176 Å². The Morgan fingerprint density at radius 2 is 1.00 bits per heavy atom. The summed E-state index contributed by atoms with van der Waals surface area (Å²) in [4.78, 5) is 59.4. The highest BCUT2D eigenvalue weighted by Gasteiger charge is 2.21. The summed E-state index contributed by atoms with van der Waals surface area (Å²) >= 11 is 0. The molecule has 82 heavy (non-hydrogen) atoms. The average molecular weight is 1120 g/mol. The van der Waals surface area contributed by atoms with E-state index in [4.69, 9.17) is 4.74 Å². The number of Topliss-reactive ketones (excluding diaryl/α,β-unsaturated/α-hetero) is 2. The van der Waals surface area contributed by atoms with Crippen molar-refractivity contribution in [2.24, 2.45) is 0 Å². The largest absolute Gasteiger partial charge is 0.378 e. The van der Waals surface area contributed by atoms with Crippen LogP contribution < -0.4 is 5.32 Å². The number of ether oxygens (including phenoxy) is 1. The van der Waals surface area contributed by atoms with Gasteiger partial charge in [0.1, 0.15) is 0 Å². The molecule has 0 saturated carbocycles. The van der Waals surface area contributed by atoms with Crippen molar-refractivity contribution >= 4 is 23.4 Å². The van der Waals surface area contributed by atoms with E-state index in [0.29, 0.717) is 32.0 Å². The molecule has 3 heterocycles. The van der Waals surface area contributed by atoms with Gasteiger partial charge in [-0.25, -0.2) is 0 Å². The monoisotopic (exact) mass is 1120 g/mol. The number of pyridine rings is 1. The molecule has 2 amide bonds. The Hall–Kier alpha value is -5.81. The Labute approximate surface area is 496 Å². The van der Waals surface area contributed by atoms with Gasteiger partial charge in [-0.2, -0.15) is 0 Å². The van der Waals surface area contributed by atoms with Crippen LogP contribution in [0.4, 0.5) is 0 Å². The Balaban J connectivity index is 0.000000235. The summed E-state index contributed by atoms with van der Waals surface area (Å²) in [6.07, 6.45) is 14.1. The lowest BCUT2D eigenvalue weighted by molar-refractivity contribution is 0.0795. The fraction of sp³-hybridized carbons (Fsp3) is 0.542. The Morgan fingerprint density at radius 3 is 1.43 bits per heavy atom. The number of nitrogens with zero attached hydrogens (tertiary/aromatic N) is 4. The van der Waals surface area contributed by atoms with E-state index in [-0.39, 0.29) is 45.0 Å². The normalized spacial score (nSPS) is 14.8. The maximum Gasteiger partial charge on any atom is 0.253 e. The standard InChI is InChI=1S/C19H24N2O.C19H29NO.C17H28N2O.C17H24O2/c1-19(2,3)17-7-5-16(6-8-17)18(22)21(4)14-11-15-9-12-20-13-10-15;1-19(2,3)17-11-9-16(10-12-17)18(21)8-7-15-20-13-5-4-6-14-20;1-6-19(7-2)13-12-18-16(20)14-8-10-15(11-9-14)17(3,4)5;1-17(2,3)14-8-6-13(7-9-14)16(18)11-10-15-5-4-12-19-15/h5-10,12-13H,11,14H2,1-4H3;9-12H,4-8,13-15H2,1-3H3;8-11H,6-7,12-13H2,1-5H3,(H,18,20);6-9,15H,4-5,10-12H2,1-3H3. The molecule has 0 spiro atoms. The number of piperidine rings is 1. The maximum atomic E-state index is 12.4. The molecule has 2 aliphatic heterocycles. The Kier molecular flexibility index (Phi) is 28.0. The number of likely N-dealkylation sites (N-methyl/N-ethyl adjacent to an activating group) is 2. The molecule has 4 aromatic carbocycles. The molecule has 448 valence electrons. The first-order valence-electron chi connectivity index (χ1n) is 30.7. The molecule has 1 unspecified atom stereocenters. The molecule has 1 atom stereocenters. The second-order valence-corrected chi connectivity index (χ2v) is 26.5. The molecule has 10 heteroatoms. The number of carbonyl (C=O) groups is 4. The van der Waals surface area contributed by atoms with E-state index >= 15 is 0 Å². The van der Waals surface area contributed by atoms with E-state index in [0.717, 1.165) is 87.1 Å². The highest BCUT2D eigenvalue weighted by molar-refractivity contribution is 5.97. The van der Waals surface area contributed by atoms with Crippen LogP contribution in [0.1, 0.15) is 224 Å². The van der Waals surface area contributed by atoms with Crippen molar-refractivity contribution in [2.75, 3.05) is 66.0 Å². The molecule has 1 aromatic heterocycles. The third-order valence-electron chi connectivity index (χ3n) is 15.6. The minimum atomic E-state index is 0.0117. The van der Waals surface area contributed by atoms with E-state index in [1.807, 2.05) is 92.0 Å². The average Bonchev–Trinajstić information content (AvgIpc) is 4.00. The number of benzene rings is 4. The smallest absolute Gasteiger partial charge is 0.253 e. The first-order chi connectivity index (χ1) is 38.7. The van der Waals surface area contributed by atoms with Crippen LogP contribution in [0.25, 0.3) is 0 Å². The summed E-state index contributed by atoms with van der Waals surface area (Å²) in [5.41, 5.74) is 9.91. The second-order valence-electron chi connectivity index (χ2n) is 26.5. The molecular weight excluding hydrogens is 1010 g/mol. The van der Waals surface area contributed by atoms with Crippen LogP contribution in [0.15, 0.2) is 122 Å². The van der Waals surface area contributed by atoms with Crippen LogP contribution in [0, 0.1) is 0 Å². The molecule has 1 N–H and O–H groups in total. The van der Waals surface area contributed by atoms with Crippen LogP contribution in [-0.4, -0.2) is 115 Å². The predicted octanol–water partition coefficient (Wildman–Crippen LogP) is 15.3. The lowest BCUT2D eigenvalue weighted by Crippen LogP contribution is -2.34. The summed E-state index contributed by atoms with van der Waals surface area (Å²) in [5.74, 6) is 0.593. The Bertz CT molecular complexity index is 2640. The van der Waals surface area contributed by atoms with Gasteiger partial charge in [0, 0.05) is 80.8 Å². The fourth-order valence-corrected chi connectivity index (χ4v) is 9.78. The molecule has 7 rings (SSSR count). The first kappa shape index (κ1) is 68.7. The van der Waals surface area contributed by atoms with Crippen molar-refractivity contribution < 1.29 is 23.9 Å². The zero-order chi connectivity index (χ0) is 60.5. The molecule has 2 saturated heterocycles. The number of rotatable bonds is 19. The van der Waals surface area contributed by atoms with Crippen molar-refractivity contribution in [3.63, 3.8) is 0 Å². The van der Waals surface area contributed by atoms with Crippen molar-refractivity contribution in [2.45, 2.75) is 189 Å². The number of nitrogens with one attached hydrogen (secondary N) is 1. The van der Waals surface area contributed by atoms with Gasteiger partial charge in [-0.05, 0) is 164 Å². The summed E-state index contributed by atoms with van der Waals surface area (Å²) in [6.45, 7) is 39.1. The molecule has 0 radical (unpaired) electrons. The minimum Gasteiger partial charge on any atom is -0.378 e. The number of ketones is 2. The van der Waals surface area contributed by atoms with Crippen LogP contribution in [-0.2, 0) is 32.8 Å². The third-order valence-corrected chi connectivity index (χ3v) is 15.6. The quantitative estimate of drug-likeness (QED) is 0.0814. The molecule has 0 aliphatic carbocycles. The SMILES string of the molecule is CC(C)(C)c1ccc(C(=O)CCC2CCCO2)cc1.CC(C)(C)c1ccc(C(=O)CCCN2CCCCC2)cc1.CCN(CC)CCNC(=O)c1ccc(C(C)(C)C)cc1.CN(CCc1ccncc1)C(=O)c1ccc(C(C)(C)C)cc1. The lowest BCUT2D eigenvalue weighted by Gasteiger charge is -2.26. The van der Waals surface area contributed by atoms with Crippen molar-refractivity contribution in [3.05, 3.63) is 172 Å². The van der Waals surface area contributed by atoms with Gasteiger partial charge in [0.25, 0.3) is 11.8 Å². The summed E-state index contributed by atoms with van der Waals surface area (Å²) in [6, 6.07) is 36.0. The highest BCUT2D eigenvalue weighted by Crippen LogP contribution is 2.26. The number of aromatic nitrogens is 1. The van der Waals surface area contributed by atoms with Crippen molar-refractivity contribution in [1.29, 1.82) is 0 Å². The van der Waals surface area contributed by atoms with Gasteiger partial charge in [-0.3, -0.25) is 24.2 Å². The maximum absolute atomic E-state index is 12.4. The molecule has 2 fully saturated rings. The lowest BCUT2D eigenvalue weighted by atomic mass is 9.86. The molecule has 5 aromatic rings. The molecule has 2 aliphatic rings. The van der Waals surface area contributed by atoms with Crippen LogP contribution in [0.2, 0.25) is 0 Å². The molecule has 0 bridgehead atoms. The first-order valence-corrected chi connectivity index (χ1v) is 30.7.